The van der Waals surface area contributed by atoms with Gasteiger partial charge in [0.1, 0.15) is 6.04 Å². The van der Waals surface area contributed by atoms with Gasteiger partial charge in [0.05, 0.1) is 4.90 Å². The van der Waals surface area contributed by atoms with Gasteiger partial charge in [0, 0.05) is 25.5 Å². The first-order valence-electron chi connectivity index (χ1n) is 8.23. The number of hydrogen-bond donors (Lipinski definition) is 1. The molecule has 1 saturated heterocycles. The van der Waals surface area contributed by atoms with Gasteiger partial charge in [-0.3, -0.25) is 9.78 Å². The summed E-state index contributed by atoms with van der Waals surface area (Å²) >= 11 is 0. The van der Waals surface area contributed by atoms with Crippen molar-refractivity contribution in [3.05, 3.63) is 59.9 Å². The third-order valence-corrected chi connectivity index (χ3v) is 6.25. The number of nitrogens with zero attached hydrogens (tertiary/aromatic N) is 2. The zero-order valence-corrected chi connectivity index (χ0v) is 14.9. The van der Waals surface area contributed by atoms with Gasteiger partial charge < -0.3 is 5.32 Å². The molecule has 1 fully saturated rings. The van der Waals surface area contributed by atoms with Crippen molar-refractivity contribution in [3.63, 3.8) is 0 Å². The van der Waals surface area contributed by atoms with Gasteiger partial charge in [0.25, 0.3) is 0 Å². The second-order valence-corrected chi connectivity index (χ2v) is 8.06. The third-order valence-electron chi connectivity index (χ3n) is 4.32. The van der Waals surface area contributed by atoms with Crippen LogP contribution in [-0.4, -0.2) is 36.2 Å². The fourth-order valence-corrected chi connectivity index (χ4v) is 4.60. The second-order valence-electron chi connectivity index (χ2n) is 6.17. The molecule has 1 amide bonds. The average Bonchev–Trinajstić information content (AvgIpc) is 3.12. The van der Waals surface area contributed by atoms with Crippen molar-refractivity contribution in [2.45, 2.75) is 37.2 Å². The highest BCUT2D eigenvalue weighted by Crippen LogP contribution is 2.26. The maximum atomic E-state index is 12.9. The molecule has 0 bridgehead atoms. The Labute approximate surface area is 147 Å². The molecule has 0 aliphatic carbocycles. The Balaban J connectivity index is 1.73. The maximum absolute atomic E-state index is 12.9. The SMILES string of the molecule is Cc1ccc(S(=O)(=O)N2CCC[C@@H]2C(=O)NCc2cccnc2)cc1. The fraction of sp³-hybridized carbons (Fsp3) is 0.333. The van der Waals surface area contributed by atoms with E-state index in [-0.39, 0.29) is 10.8 Å². The summed E-state index contributed by atoms with van der Waals surface area (Å²) in [5.74, 6) is -0.267. The van der Waals surface area contributed by atoms with Gasteiger partial charge in [-0.05, 0) is 43.5 Å². The van der Waals surface area contributed by atoms with Gasteiger partial charge in [-0.15, -0.1) is 0 Å². The number of benzene rings is 1. The Morgan fingerprint density at radius 2 is 2.04 bits per heavy atom. The van der Waals surface area contributed by atoms with Crippen LogP contribution in [0.25, 0.3) is 0 Å². The summed E-state index contributed by atoms with van der Waals surface area (Å²) in [4.78, 5) is 16.8. The van der Waals surface area contributed by atoms with Crippen LogP contribution in [0.5, 0.6) is 0 Å². The average molecular weight is 359 g/mol. The predicted octanol–water partition coefficient (Wildman–Crippen LogP) is 1.86. The quantitative estimate of drug-likeness (QED) is 0.884. The smallest absolute Gasteiger partial charge is 0.243 e. The standard InChI is InChI=1S/C18H21N3O3S/c1-14-6-8-16(9-7-14)25(23,24)21-11-3-5-17(21)18(22)20-13-15-4-2-10-19-12-15/h2,4,6-10,12,17H,3,5,11,13H2,1H3,(H,20,22)/t17-/m1/s1. The topological polar surface area (TPSA) is 79.4 Å². The molecule has 25 heavy (non-hydrogen) atoms. The highest BCUT2D eigenvalue weighted by molar-refractivity contribution is 7.89. The minimum absolute atomic E-state index is 0.227. The molecule has 3 rings (SSSR count). The Hall–Kier alpha value is -2.25. The first kappa shape index (κ1) is 17.6. The molecule has 1 N–H and O–H groups in total. The third kappa shape index (κ3) is 3.88. The summed E-state index contributed by atoms with van der Waals surface area (Å²) in [6.45, 7) is 2.60. The number of rotatable bonds is 5. The lowest BCUT2D eigenvalue weighted by atomic mass is 10.2. The van der Waals surface area contributed by atoms with Crippen molar-refractivity contribution >= 4 is 15.9 Å². The molecule has 2 heterocycles. The van der Waals surface area contributed by atoms with Crippen LogP contribution < -0.4 is 5.32 Å². The minimum atomic E-state index is -3.67. The molecule has 0 unspecified atom stereocenters. The number of pyridine rings is 1. The Bertz CT molecular complexity index is 836. The predicted molar refractivity (Wildman–Crippen MR) is 94.2 cm³/mol. The van der Waals surface area contributed by atoms with Gasteiger partial charge >= 0.3 is 0 Å². The summed E-state index contributed by atoms with van der Waals surface area (Å²) in [6, 6.07) is 9.71. The monoisotopic (exact) mass is 359 g/mol. The van der Waals surface area contributed by atoms with Crippen LogP contribution in [0.15, 0.2) is 53.7 Å². The molecule has 132 valence electrons. The van der Waals surface area contributed by atoms with E-state index in [0.717, 1.165) is 11.1 Å². The molecule has 1 aliphatic rings. The van der Waals surface area contributed by atoms with E-state index in [9.17, 15) is 13.2 Å². The first-order valence-corrected chi connectivity index (χ1v) is 9.67. The van der Waals surface area contributed by atoms with E-state index in [4.69, 9.17) is 0 Å². The van der Waals surface area contributed by atoms with Gasteiger partial charge in [0.15, 0.2) is 0 Å². The van der Waals surface area contributed by atoms with Crippen molar-refractivity contribution in [3.8, 4) is 0 Å². The van der Waals surface area contributed by atoms with Crippen molar-refractivity contribution in [2.24, 2.45) is 0 Å². The Morgan fingerprint density at radius 3 is 2.72 bits per heavy atom. The van der Waals surface area contributed by atoms with E-state index in [1.165, 1.54) is 4.31 Å². The maximum Gasteiger partial charge on any atom is 0.243 e. The lowest BCUT2D eigenvalue weighted by Crippen LogP contribution is -2.45. The van der Waals surface area contributed by atoms with Gasteiger partial charge in [-0.1, -0.05) is 23.8 Å². The Kier molecular flexibility index (Phi) is 5.15. The lowest BCUT2D eigenvalue weighted by molar-refractivity contribution is -0.124. The van der Waals surface area contributed by atoms with E-state index >= 15 is 0 Å². The number of carbonyl (C=O) groups is 1. The fourth-order valence-electron chi connectivity index (χ4n) is 2.95. The van der Waals surface area contributed by atoms with Crippen LogP contribution in [0.4, 0.5) is 0 Å². The molecule has 0 spiro atoms. The van der Waals surface area contributed by atoms with Crippen molar-refractivity contribution in [1.29, 1.82) is 0 Å². The van der Waals surface area contributed by atoms with Gasteiger partial charge in [0.2, 0.25) is 15.9 Å². The number of aromatic nitrogens is 1. The molecule has 0 radical (unpaired) electrons. The molecule has 1 atom stereocenters. The molecule has 1 aromatic carbocycles. The summed E-state index contributed by atoms with van der Waals surface area (Å²) in [5.41, 5.74) is 1.87. The molecular weight excluding hydrogens is 338 g/mol. The largest absolute Gasteiger partial charge is 0.351 e. The molecule has 0 saturated carbocycles. The number of nitrogens with one attached hydrogen (secondary N) is 1. The second kappa shape index (κ2) is 7.33. The highest BCUT2D eigenvalue weighted by atomic mass is 32.2. The van der Waals surface area contributed by atoms with Crippen LogP contribution in [0.3, 0.4) is 0 Å². The van der Waals surface area contributed by atoms with Crippen LogP contribution in [0, 0.1) is 6.92 Å². The number of carbonyl (C=O) groups excluding carboxylic acids is 1. The number of aryl methyl sites for hydroxylation is 1. The zero-order valence-electron chi connectivity index (χ0n) is 14.1. The van der Waals surface area contributed by atoms with Crippen LogP contribution in [0.2, 0.25) is 0 Å². The van der Waals surface area contributed by atoms with E-state index in [2.05, 4.69) is 10.3 Å². The summed E-state index contributed by atoms with van der Waals surface area (Å²) in [6.07, 6.45) is 4.55. The summed E-state index contributed by atoms with van der Waals surface area (Å²) in [5, 5.41) is 2.82. The van der Waals surface area contributed by atoms with Crippen LogP contribution >= 0.6 is 0 Å². The molecule has 6 nitrogen and oxygen atoms in total. The van der Waals surface area contributed by atoms with Gasteiger partial charge in [-0.2, -0.15) is 4.31 Å². The minimum Gasteiger partial charge on any atom is -0.351 e. The number of amides is 1. The van der Waals surface area contributed by atoms with E-state index in [1.54, 1.807) is 42.7 Å². The van der Waals surface area contributed by atoms with Crippen LogP contribution in [0.1, 0.15) is 24.0 Å². The first-order chi connectivity index (χ1) is 12.0. The summed E-state index contributed by atoms with van der Waals surface area (Å²) < 4.78 is 27.1. The normalized spacial score (nSPS) is 18.2. The van der Waals surface area contributed by atoms with E-state index < -0.39 is 16.1 Å². The molecule has 1 aromatic heterocycles. The Morgan fingerprint density at radius 1 is 1.28 bits per heavy atom. The zero-order chi connectivity index (χ0) is 17.9. The number of hydrogen-bond acceptors (Lipinski definition) is 4. The highest BCUT2D eigenvalue weighted by Gasteiger charge is 2.39. The summed E-state index contributed by atoms with van der Waals surface area (Å²) in [7, 11) is -3.67. The van der Waals surface area contributed by atoms with Crippen LogP contribution in [-0.2, 0) is 21.4 Å². The van der Waals surface area contributed by atoms with Crippen molar-refractivity contribution < 1.29 is 13.2 Å². The lowest BCUT2D eigenvalue weighted by Gasteiger charge is -2.23. The molecule has 7 heteroatoms. The van der Waals surface area contributed by atoms with Crippen molar-refractivity contribution in [1.82, 2.24) is 14.6 Å². The van der Waals surface area contributed by atoms with E-state index in [0.29, 0.717) is 25.9 Å². The molecule has 1 aliphatic heterocycles. The molecular formula is C18H21N3O3S. The van der Waals surface area contributed by atoms with Gasteiger partial charge in [-0.25, -0.2) is 8.42 Å². The number of sulfonamides is 1. The van der Waals surface area contributed by atoms with Crippen molar-refractivity contribution in [2.75, 3.05) is 6.54 Å². The molecule has 2 aromatic rings. The van der Waals surface area contributed by atoms with E-state index in [1.807, 2.05) is 13.0 Å².